The summed E-state index contributed by atoms with van der Waals surface area (Å²) in [5, 5.41) is 12.6. The van der Waals surface area contributed by atoms with Gasteiger partial charge in [-0.1, -0.05) is 53.6 Å². The van der Waals surface area contributed by atoms with Gasteiger partial charge >= 0.3 is 0 Å². The number of nitrogens with one attached hydrogen (secondary N) is 1. The highest BCUT2D eigenvalue weighted by Gasteiger charge is 2.15. The molecular weight excluding hydrogens is 436 g/mol. The van der Waals surface area contributed by atoms with Gasteiger partial charge in [-0.25, -0.2) is 0 Å². The second-order valence-electron chi connectivity index (χ2n) is 7.47. The quantitative estimate of drug-likeness (QED) is 0.308. The molecule has 6 heteroatoms. The fraction of sp³-hybridized carbons (Fsp3) is 0.185. The summed E-state index contributed by atoms with van der Waals surface area (Å²) >= 11 is 6.51. The minimum Gasteiger partial charge on any atom is -0.490 e. The zero-order valence-corrected chi connectivity index (χ0v) is 19.6. The largest absolute Gasteiger partial charge is 0.490 e. The second kappa shape index (κ2) is 11.2. The van der Waals surface area contributed by atoms with Crippen molar-refractivity contribution in [3.05, 3.63) is 93.5 Å². The van der Waals surface area contributed by atoms with Gasteiger partial charge in [-0.15, -0.1) is 0 Å². The Kier molecular flexibility index (Phi) is 8.12. The van der Waals surface area contributed by atoms with Crippen molar-refractivity contribution in [2.75, 3.05) is 11.9 Å². The topological polar surface area (TPSA) is 71.3 Å². The van der Waals surface area contributed by atoms with Crippen LogP contribution in [0.2, 0.25) is 5.02 Å². The highest BCUT2D eigenvalue weighted by molar-refractivity contribution is 6.32. The number of carbonyl (C=O) groups excluding carboxylic acids is 1. The third-order valence-corrected chi connectivity index (χ3v) is 5.23. The third-order valence-electron chi connectivity index (χ3n) is 4.95. The molecule has 0 radical (unpaired) electrons. The first kappa shape index (κ1) is 23.9. The number of nitrogens with zero attached hydrogens (tertiary/aromatic N) is 1. The molecule has 0 atom stereocenters. The summed E-state index contributed by atoms with van der Waals surface area (Å²) in [6, 6.07) is 20.6. The molecule has 0 unspecified atom stereocenters. The van der Waals surface area contributed by atoms with Crippen molar-refractivity contribution in [3.8, 4) is 17.6 Å². The lowest BCUT2D eigenvalue weighted by atomic mass is 10.1. The van der Waals surface area contributed by atoms with Gasteiger partial charge in [0.05, 0.1) is 11.6 Å². The Labute approximate surface area is 199 Å². The van der Waals surface area contributed by atoms with E-state index in [0.717, 1.165) is 16.7 Å². The first-order chi connectivity index (χ1) is 15.9. The van der Waals surface area contributed by atoms with Crippen LogP contribution in [0.1, 0.15) is 29.2 Å². The lowest BCUT2D eigenvalue weighted by Crippen LogP contribution is -2.13. The van der Waals surface area contributed by atoms with Crippen LogP contribution in [0.5, 0.6) is 11.5 Å². The van der Waals surface area contributed by atoms with Crippen molar-refractivity contribution in [2.45, 2.75) is 27.4 Å². The van der Waals surface area contributed by atoms with Gasteiger partial charge in [-0.05, 0) is 67.8 Å². The summed E-state index contributed by atoms with van der Waals surface area (Å²) in [7, 11) is 0. The predicted octanol–water partition coefficient (Wildman–Crippen LogP) is 6.48. The van der Waals surface area contributed by atoms with E-state index in [-0.39, 0.29) is 5.57 Å². The number of ether oxygens (including phenoxy) is 2. The van der Waals surface area contributed by atoms with Crippen LogP contribution in [0.3, 0.4) is 0 Å². The van der Waals surface area contributed by atoms with Crippen molar-refractivity contribution >= 4 is 29.3 Å². The number of rotatable bonds is 8. The highest BCUT2D eigenvalue weighted by atomic mass is 35.5. The van der Waals surface area contributed by atoms with Gasteiger partial charge in [-0.3, -0.25) is 4.79 Å². The van der Waals surface area contributed by atoms with Crippen LogP contribution >= 0.6 is 11.6 Å². The molecule has 33 heavy (non-hydrogen) atoms. The van der Waals surface area contributed by atoms with Crippen LogP contribution in [-0.4, -0.2) is 12.5 Å². The molecule has 0 bridgehead atoms. The molecule has 1 amide bonds. The summed E-state index contributed by atoms with van der Waals surface area (Å²) in [4.78, 5) is 12.6. The molecule has 0 saturated heterocycles. The number of hydrogen-bond donors (Lipinski definition) is 1. The number of amides is 1. The van der Waals surface area contributed by atoms with E-state index in [2.05, 4.69) is 5.32 Å². The van der Waals surface area contributed by atoms with Gasteiger partial charge in [0.25, 0.3) is 5.91 Å². The van der Waals surface area contributed by atoms with E-state index in [4.69, 9.17) is 21.1 Å². The van der Waals surface area contributed by atoms with Gasteiger partial charge in [0.15, 0.2) is 11.5 Å². The summed E-state index contributed by atoms with van der Waals surface area (Å²) < 4.78 is 11.7. The molecule has 0 aliphatic heterocycles. The van der Waals surface area contributed by atoms with Gasteiger partial charge < -0.3 is 14.8 Å². The van der Waals surface area contributed by atoms with Gasteiger partial charge in [-0.2, -0.15) is 5.26 Å². The van der Waals surface area contributed by atoms with Crippen molar-refractivity contribution in [1.29, 1.82) is 5.26 Å². The van der Waals surface area contributed by atoms with E-state index < -0.39 is 5.91 Å². The van der Waals surface area contributed by atoms with E-state index in [1.165, 1.54) is 6.08 Å². The Bertz CT molecular complexity index is 1210. The summed E-state index contributed by atoms with van der Waals surface area (Å²) in [5.41, 5.74) is 4.35. The van der Waals surface area contributed by atoms with Gasteiger partial charge in [0.1, 0.15) is 18.2 Å². The first-order valence-corrected chi connectivity index (χ1v) is 10.9. The Hall–Kier alpha value is -3.75. The molecule has 0 spiro atoms. The molecule has 0 saturated carbocycles. The molecule has 3 aromatic carbocycles. The maximum atomic E-state index is 12.6. The van der Waals surface area contributed by atoms with E-state index >= 15 is 0 Å². The van der Waals surface area contributed by atoms with E-state index in [1.807, 2.05) is 63.2 Å². The third kappa shape index (κ3) is 6.38. The van der Waals surface area contributed by atoms with Crippen LogP contribution < -0.4 is 14.8 Å². The molecule has 0 heterocycles. The normalized spacial score (nSPS) is 10.9. The molecule has 168 valence electrons. The number of carbonyl (C=O) groups is 1. The molecule has 3 rings (SSSR count). The molecule has 5 nitrogen and oxygen atoms in total. The average Bonchev–Trinajstić information content (AvgIpc) is 2.79. The standard InChI is InChI=1S/C27H25ClN2O3/c1-4-32-25-15-20(13-22(16-29)27(31)30-23-11-9-18(2)10-12-23)14-24(28)26(25)33-17-21-8-6-5-7-19(21)3/h5-15H,4,17H2,1-3H3,(H,30,31)/b22-13+. The minimum absolute atomic E-state index is 0.0531. The Morgan fingerprint density at radius 1 is 1.09 bits per heavy atom. The summed E-state index contributed by atoms with van der Waals surface area (Å²) in [6.07, 6.45) is 1.48. The van der Waals surface area contributed by atoms with E-state index in [9.17, 15) is 10.1 Å². The zero-order chi connectivity index (χ0) is 23.8. The molecular formula is C27H25ClN2O3. The Morgan fingerprint density at radius 2 is 1.82 bits per heavy atom. The van der Waals surface area contributed by atoms with Crippen molar-refractivity contribution in [3.63, 3.8) is 0 Å². The molecule has 0 fully saturated rings. The van der Waals surface area contributed by atoms with Crippen molar-refractivity contribution in [2.24, 2.45) is 0 Å². The Morgan fingerprint density at radius 3 is 2.48 bits per heavy atom. The van der Waals surface area contributed by atoms with Crippen molar-refractivity contribution in [1.82, 2.24) is 0 Å². The zero-order valence-electron chi connectivity index (χ0n) is 18.8. The average molecular weight is 461 g/mol. The monoisotopic (exact) mass is 460 g/mol. The summed E-state index contributed by atoms with van der Waals surface area (Å²) in [6.45, 7) is 6.58. The highest BCUT2D eigenvalue weighted by Crippen LogP contribution is 2.38. The number of nitriles is 1. The van der Waals surface area contributed by atoms with Crippen molar-refractivity contribution < 1.29 is 14.3 Å². The number of hydrogen-bond acceptors (Lipinski definition) is 4. The summed E-state index contributed by atoms with van der Waals surface area (Å²) in [5.74, 6) is 0.359. The van der Waals surface area contributed by atoms with Crippen LogP contribution in [0, 0.1) is 25.2 Å². The molecule has 0 aliphatic carbocycles. The molecule has 3 aromatic rings. The maximum Gasteiger partial charge on any atom is 0.266 e. The lowest BCUT2D eigenvalue weighted by Gasteiger charge is -2.15. The minimum atomic E-state index is -0.504. The van der Waals surface area contributed by atoms with Gasteiger partial charge in [0, 0.05) is 5.69 Å². The molecule has 1 N–H and O–H groups in total. The fourth-order valence-electron chi connectivity index (χ4n) is 3.15. The lowest BCUT2D eigenvalue weighted by molar-refractivity contribution is -0.112. The number of halogens is 1. The number of anilines is 1. The second-order valence-corrected chi connectivity index (χ2v) is 7.88. The first-order valence-electron chi connectivity index (χ1n) is 10.5. The van der Waals surface area contributed by atoms with E-state index in [1.54, 1.807) is 24.3 Å². The number of aryl methyl sites for hydroxylation is 2. The fourth-order valence-corrected chi connectivity index (χ4v) is 3.42. The number of benzene rings is 3. The Balaban J connectivity index is 1.85. The smallest absolute Gasteiger partial charge is 0.266 e. The van der Waals surface area contributed by atoms with Crippen LogP contribution in [0.4, 0.5) is 5.69 Å². The maximum absolute atomic E-state index is 12.6. The molecule has 0 aromatic heterocycles. The predicted molar refractivity (Wildman–Crippen MR) is 132 cm³/mol. The van der Waals surface area contributed by atoms with Crippen LogP contribution in [0.15, 0.2) is 66.2 Å². The van der Waals surface area contributed by atoms with Gasteiger partial charge in [0.2, 0.25) is 0 Å². The van der Waals surface area contributed by atoms with E-state index in [0.29, 0.717) is 41.0 Å². The SMILES string of the molecule is CCOc1cc(/C=C(\C#N)C(=O)Nc2ccc(C)cc2)cc(Cl)c1OCc1ccccc1C. The van der Waals surface area contributed by atoms with Crippen LogP contribution in [-0.2, 0) is 11.4 Å². The van der Waals surface area contributed by atoms with Crippen LogP contribution in [0.25, 0.3) is 6.08 Å². The molecule has 0 aliphatic rings.